The third-order valence-corrected chi connectivity index (χ3v) is 5.22. The van der Waals surface area contributed by atoms with Gasteiger partial charge < -0.3 is 4.90 Å². The number of aromatic nitrogens is 1. The summed E-state index contributed by atoms with van der Waals surface area (Å²) in [4.78, 5) is 31.2. The lowest BCUT2D eigenvalue weighted by molar-refractivity contribution is -0.130. The van der Waals surface area contributed by atoms with Gasteiger partial charge >= 0.3 is 0 Å². The first-order valence-electron chi connectivity index (χ1n) is 8.84. The fourth-order valence-corrected chi connectivity index (χ4v) is 3.90. The largest absolute Gasteiger partial charge is 0.339 e. The van der Waals surface area contributed by atoms with Gasteiger partial charge in [-0.15, -0.1) is 0 Å². The van der Waals surface area contributed by atoms with Crippen molar-refractivity contribution >= 4 is 11.7 Å². The molecule has 5 nitrogen and oxygen atoms in total. The van der Waals surface area contributed by atoms with Gasteiger partial charge in [-0.2, -0.15) is 5.26 Å². The Balaban J connectivity index is 1.70. The van der Waals surface area contributed by atoms with Gasteiger partial charge in [0.05, 0.1) is 11.8 Å². The van der Waals surface area contributed by atoms with Crippen molar-refractivity contribution in [3.63, 3.8) is 0 Å². The van der Waals surface area contributed by atoms with Crippen LogP contribution in [0.4, 0.5) is 0 Å². The first-order chi connectivity index (χ1) is 11.7. The molecule has 2 heterocycles. The van der Waals surface area contributed by atoms with Gasteiger partial charge in [0, 0.05) is 31.1 Å². The molecular weight excluding hydrogens is 302 g/mol. The lowest BCUT2D eigenvalue weighted by Crippen LogP contribution is -2.37. The highest BCUT2D eigenvalue weighted by atomic mass is 16.2. The van der Waals surface area contributed by atoms with Crippen molar-refractivity contribution in [1.82, 2.24) is 9.88 Å². The molecular formula is C19H23N3O2. The highest BCUT2D eigenvalue weighted by Gasteiger charge is 2.40. The molecule has 5 heteroatoms. The molecule has 0 radical (unpaired) electrons. The summed E-state index contributed by atoms with van der Waals surface area (Å²) in [5, 5.41) is 9.42. The predicted molar refractivity (Wildman–Crippen MR) is 88.9 cm³/mol. The lowest BCUT2D eigenvalue weighted by atomic mass is 9.90. The molecule has 1 saturated carbocycles. The quantitative estimate of drug-likeness (QED) is 0.798. The van der Waals surface area contributed by atoms with Crippen LogP contribution in [0.2, 0.25) is 0 Å². The Bertz CT molecular complexity index is 630. The minimum atomic E-state index is -0.877. The molecule has 2 atom stereocenters. The molecule has 2 aliphatic rings. The molecule has 1 amide bonds. The Kier molecular flexibility index (Phi) is 5.24. The van der Waals surface area contributed by atoms with Crippen LogP contribution in [-0.2, 0) is 9.59 Å². The molecule has 1 aliphatic carbocycles. The Morgan fingerprint density at radius 2 is 2.00 bits per heavy atom. The average Bonchev–Trinajstić information content (AvgIpc) is 2.82. The molecule has 1 aromatic rings. The molecule has 1 aromatic heterocycles. The first kappa shape index (κ1) is 16.6. The summed E-state index contributed by atoms with van der Waals surface area (Å²) in [6.07, 6.45) is 8.67. The number of amides is 1. The van der Waals surface area contributed by atoms with E-state index >= 15 is 0 Å². The number of ketones is 1. The smallest absolute Gasteiger partial charge is 0.223 e. The predicted octanol–water partition coefficient (Wildman–Crippen LogP) is 2.83. The summed E-state index contributed by atoms with van der Waals surface area (Å²) >= 11 is 0. The second-order valence-corrected chi connectivity index (χ2v) is 6.81. The van der Waals surface area contributed by atoms with E-state index in [4.69, 9.17) is 0 Å². The minimum absolute atomic E-state index is 0.0676. The van der Waals surface area contributed by atoms with E-state index in [0.29, 0.717) is 12.2 Å². The van der Waals surface area contributed by atoms with Crippen LogP contribution in [0.5, 0.6) is 0 Å². The number of rotatable bonds is 4. The molecule has 0 spiro atoms. The summed E-state index contributed by atoms with van der Waals surface area (Å²) in [5.74, 6) is -1.36. The minimum Gasteiger partial charge on any atom is -0.339 e. The number of hydrogen-bond acceptors (Lipinski definition) is 4. The van der Waals surface area contributed by atoms with Crippen molar-refractivity contribution in [2.75, 3.05) is 6.54 Å². The number of pyridine rings is 1. The molecule has 126 valence electrons. The van der Waals surface area contributed by atoms with Crippen LogP contribution in [0, 0.1) is 17.2 Å². The van der Waals surface area contributed by atoms with Crippen molar-refractivity contribution in [3.05, 3.63) is 30.1 Å². The van der Waals surface area contributed by atoms with Crippen LogP contribution >= 0.6 is 0 Å². The zero-order valence-corrected chi connectivity index (χ0v) is 13.9. The lowest BCUT2D eigenvalue weighted by Gasteiger charge is -2.27. The summed E-state index contributed by atoms with van der Waals surface area (Å²) in [6.45, 7) is 0.466. The topological polar surface area (TPSA) is 74.1 Å². The van der Waals surface area contributed by atoms with E-state index in [1.165, 1.54) is 12.8 Å². The Morgan fingerprint density at radius 3 is 2.62 bits per heavy atom. The number of nitriles is 1. The normalized spacial score (nSPS) is 23.5. The zero-order valence-electron chi connectivity index (χ0n) is 13.9. The van der Waals surface area contributed by atoms with Gasteiger partial charge in [0.15, 0.2) is 5.78 Å². The van der Waals surface area contributed by atoms with E-state index in [2.05, 4.69) is 11.1 Å². The van der Waals surface area contributed by atoms with Gasteiger partial charge in [-0.1, -0.05) is 31.7 Å². The van der Waals surface area contributed by atoms with Crippen LogP contribution < -0.4 is 0 Å². The maximum atomic E-state index is 12.8. The monoisotopic (exact) mass is 325 g/mol. The average molecular weight is 325 g/mol. The van der Waals surface area contributed by atoms with E-state index in [1.54, 1.807) is 24.4 Å². The number of hydrogen-bond donors (Lipinski definition) is 0. The number of Topliss-reactive ketones (excluding diaryl/α,β-unsaturated/α-hetero) is 1. The Morgan fingerprint density at radius 1 is 1.25 bits per heavy atom. The molecule has 2 fully saturated rings. The third-order valence-electron chi connectivity index (χ3n) is 5.22. The SMILES string of the molecule is N#C[C@H](C(=O)[C@@H]1CC(=O)N(C2CCCCCC2)C1)c1ccccn1. The Hall–Kier alpha value is -2.22. The molecule has 1 saturated heterocycles. The second-order valence-electron chi connectivity index (χ2n) is 6.81. The van der Waals surface area contributed by atoms with Gasteiger partial charge in [0.1, 0.15) is 5.92 Å². The molecule has 0 bridgehead atoms. The van der Waals surface area contributed by atoms with Gasteiger partial charge in [0.2, 0.25) is 5.91 Å². The van der Waals surface area contributed by atoms with E-state index in [0.717, 1.165) is 25.7 Å². The standard InChI is InChI=1S/C19H23N3O2/c20-12-16(17-9-5-6-10-21-17)19(24)14-11-18(23)22(13-14)15-7-3-1-2-4-8-15/h5-6,9-10,14-16H,1-4,7-8,11,13H2/t14-,16+/m1/s1. The summed E-state index contributed by atoms with van der Waals surface area (Å²) in [6, 6.07) is 7.58. The maximum absolute atomic E-state index is 12.8. The number of nitrogens with zero attached hydrogens (tertiary/aromatic N) is 3. The molecule has 0 unspecified atom stereocenters. The van der Waals surface area contributed by atoms with Crippen LogP contribution in [0.3, 0.4) is 0 Å². The fraction of sp³-hybridized carbons (Fsp3) is 0.579. The van der Waals surface area contributed by atoms with Gasteiger partial charge in [0.25, 0.3) is 0 Å². The zero-order chi connectivity index (χ0) is 16.9. The number of likely N-dealkylation sites (tertiary alicyclic amines) is 1. The van der Waals surface area contributed by atoms with Crippen molar-refractivity contribution < 1.29 is 9.59 Å². The molecule has 1 aliphatic heterocycles. The highest BCUT2D eigenvalue weighted by molar-refractivity contribution is 5.95. The van der Waals surface area contributed by atoms with E-state index in [1.807, 2.05) is 4.90 Å². The van der Waals surface area contributed by atoms with Gasteiger partial charge in [-0.05, 0) is 25.0 Å². The molecule has 24 heavy (non-hydrogen) atoms. The van der Waals surface area contributed by atoms with E-state index < -0.39 is 5.92 Å². The van der Waals surface area contributed by atoms with Gasteiger partial charge in [-0.3, -0.25) is 14.6 Å². The van der Waals surface area contributed by atoms with Crippen LogP contribution in [0.15, 0.2) is 24.4 Å². The number of carbonyl (C=O) groups is 2. The van der Waals surface area contributed by atoms with Crippen LogP contribution in [0.25, 0.3) is 0 Å². The first-order valence-corrected chi connectivity index (χ1v) is 8.84. The Labute approximate surface area is 142 Å². The van der Waals surface area contributed by atoms with E-state index in [9.17, 15) is 14.9 Å². The van der Waals surface area contributed by atoms with Gasteiger partial charge in [-0.25, -0.2) is 0 Å². The second kappa shape index (κ2) is 7.57. The van der Waals surface area contributed by atoms with Crippen molar-refractivity contribution in [1.29, 1.82) is 5.26 Å². The summed E-state index contributed by atoms with van der Waals surface area (Å²) in [7, 11) is 0. The van der Waals surface area contributed by atoms with Crippen molar-refractivity contribution in [3.8, 4) is 6.07 Å². The highest BCUT2D eigenvalue weighted by Crippen LogP contribution is 2.31. The van der Waals surface area contributed by atoms with E-state index in [-0.39, 0.29) is 30.1 Å². The molecule has 0 aromatic carbocycles. The maximum Gasteiger partial charge on any atom is 0.223 e. The fourth-order valence-electron chi connectivity index (χ4n) is 3.90. The summed E-state index contributed by atoms with van der Waals surface area (Å²) in [5.41, 5.74) is 0.477. The van der Waals surface area contributed by atoms with Crippen LogP contribution in [0.1, 0.15) is 56.6 Å². The summed E-state index contributed by atoms with van der Waals surface area (Å²) < 4.78 is 0. The van der Waals surface area contributed by atoms with Crippen molar-refractivity contribution in [2.24, 2.45) is 5.92 Å². The third kappa shape index (κ3) is 3.48. The van der Waals surface area contributed by atoms with Crippen LogP contribution in [-0.4, -0.2) is 34.2 Å². The number of carbonyl (C=O) groups excluding carboxylic acids is 2. The van der Waals surface area contributed by atoms with Crippen molar-refractivity contribution in [2.45, 2.75) is 56.9 Å². The molecule has 3 rings (SSSR count). The molecule has 0 N–H and O–H groups in total.